The Hall–Kier alpha value is -0.0800. The second-order valence-electron chi connectivity index (χ2n) is 7.37. The highest BCUT2D eigenvalue weighted by molar-refractivity contribution is 4.89. The Morgan fingerprint density at radius 3 is 2.30 bits per heavy atom. The first kappa shape index (κ1) is 18.0. The van der Waals surface area contributed by atoms with Crippen molar-refractivity contribution in [1.29, 1.82) is 0 Å². The molecular weight excluding hydrogens is 244 g/mol. The van der Waals surface area contributed by atoms with Crippen LogP contribution in [0.15, 0.2) is 0 Å². The van der Waals surface area contributed by atoms with E-state index in [2.05, 4.69) is 51.8 Å². The van der Waals surface area contributed by atoms with Gasteiger partial charge in [-0.3, -0.25) is 4.90 Å². The Morgan fingerprint density at radius 2 is 1.75 bits per heavy atom. The van der Waals surface area contributed by atoms with Gasteiger partial charge < -0.3 is 5.32 Å². The maximum atomic E-state index is 3.68. The Bertz CT molecular complexity index is 260. The normalized spacial score (nSPS) is 28.8. The van der Waals surface area contributed by atoms with E-state index in [0.717, 1.165) is 24.4 Å². The molecule has 0 aromatic heterocycles. The minimum atomic E-state index is 0.459. The third kappa shape index (κ3) is 4.73. The molecule has 120 valence electrons. The zero-order valence-corrected chi connectivity index (χ0v) is 14.8. The number of rotatable bonds is 8. The Morgan fingerprint density at radius 1 is 1.10 bits per heavy atom. The summed E-state index contributed by atoms with van der Waals surface area (Å²) in [6.45, 7) is 19.2. The fourth-order valence-electron chi connectivity index (χ4n) is 3.78. The van der Waals surface area contributed by atoms with Crippen molar-refractivity contribution in [2.45, 2.75) is 73.3 Å². The molecule has 0 radical (unpaired) electrons. The van der Waals surface area contributed by atoms with E-state index in [1.165, 1.54) is 45.3 Å². The maximum absolute atomic E-state index is 3.68. The van der Waals surface area contributed by atoms with E-state index in [-0.39, 0.29) is 0 Å². The zero-order chi connectivity index (χ0) is 15.2. The molecule has 0 aromatic carbocycles. The van der Waals surface area contributed by atoms with Crippen molar-refractivity contribution in [3.8, 4) is 0 Å². The minimum absolute atomic E-state index is 0.459. The lowest BCUT2D eigenvalue weighted by Crippen LogP contribution is -2.52. The fourth-order valence-corrected chi connectivity index (χ4v) is 3.78. The monoisotopic (exact) mass is 282 g/mol. The van der Waals surface area contributed by atoms with Crippen LogP contribution in [0.25, 0.3) is 0 Å². The summed E-state index contributed by atoms with van der Waals surface area (Å²) in [5, 5.41) is 3.68. The summed E-state index contributed by atoms with van der Waals surface area (Å²) < 4.78 is 0. The van der Waals surface area contributed by atoms with Crippen LogP contribution >= 0.6 is 0 Å². The minimum Gasteiger partial charge on any atom is -0.316 e. The van der Waals surface area contributed by atoms with E-state index in [1.807, 2.05) is 0 Å². The van der Waals surface area contributed by atoms with E-state index in [9.17, 15) is 0 Å². The molecule has 1 aliphatic rings. The SMILES string of the molecule is CCCNCC(CC)(CC)CN1CC(C)CC(C)C1C. The molecule has 1 aliphatic heterocycles. The average Bonchev–Trinajstić information content (AvgIpc) is 2.43. The number of likely N-dealkylation sites (tertiary alicyclic amines) is 1. The molecule has 3 atom stereocenters. The third-order valence-electron chi connectivity index (χ3n) is 5.69. The fraction of sp³-hybridized carbons (Fsp3) is 1.00. The molecule has 2 nitrogen and oxygen atoms in total. The lowest BCUT2D eigenvalue weighted by atomic mass is 9.78. The number of nitrogens with zero attached hydrogens (tertiary/aromatic N) is 1. The highest BCUT2D eigenvalue weighted by atomic mass is 15.2. The highest BCUT2D eigenvalue weighted by Crippen LogP contribution is 2.33. The highest BCUT2D eigenvalue weighted by Gasteiger charge is 2.35. The van der Waals surface area contributed by atoms with Gasteiger partial charge >= 0.3 is 0 Å². The number of hydrogen-bond acceptors (Lipinski definition) is 2. The van der Waals surface area contributed by atoms with Crippen LogP contribution in [0.3, 0.4) is 0 Å². The molecule has 2 heteroatoms. The number of hydrogen-bond donors (Lipinski definition) is 1. The van der Waals surface area contributed by atoms with Crippen LogP contribution in [-0.2, 0) is 0 Å². The predicted molar refractivity (Wildman–Crippen MR) is 90.2 cm³/mol. The van der Waals surface area contributed by atoms with Crippen molar-refractivity contribution in [3.05, 3.63) is 0 Å². The molecule has 1 rings (SSSR count). The third-order valence-corrected chi connectivity index (χ3v) is 5.69. The molecule has 0 saturated carbocycles. The average molecular weight is 283 g/mol. The molecule has 20 heavy (non-hydrogen) atoms. The summed E-state index contributed by atoms with van der Waals surface area (Å²) in [6, 6.07) is 0.745. The molecule has 3 unspecified atom stereocenters. The Labute approximate surface area is 127 Å². The molecule has 0 amide bonds. The van der Waals surface area contributed by atoms with Gasteiger partial charge in [0.2, 0.25) is 0 Å². The second-order valence-corrected chi connectivity index (χ2v) is 7.37. The van der Waals surface area contributed by atoms with E-state index in [1.54, 1.807) is 0 Å². The number of nitrogens with one attached hydrogen (secondary N) is 1. The Kier molecular flexibility index (Phi) is 7.53. The van der Waals surface area contributed by atoms with E-state index < -0.39 is 0 Å². The molecule has 0 bridgehead atoms. The topological polar surface area (TPSA) is 15.3 Å². The summed E-state index contributed by atoms with van der Waals surface area (Å²) in [7, 11) is 0. The largest absolute Gasteiger partial charge is 0.316 e. The lowest BCUT2D eigenvalue weighted by molar-refractivity contribution is 0.0321. The standard InChI is InChI=1S/C18H38N2/c1-7-10-19-13-18(8-2,9-3)14-20-12-15(4)11-16(5)17(20)6/h15-17,19H,7-14H2,1-6H3. The molecule has 0 aromatic rings. The van der Waals surface area contributed by atoms with E-state index in [4.69, 9.17) is 0 Å². The van der Waals surface area contributed by atoms with Crippen LogP contribution in [0.5, 0.6) is 0 Å². The van der Waals surface area contributed by atoms with Crippen LogP contribution in [0.2, 0.25) is 0 Å². The molecule has 1 saturated heterocycles. The summed E-state index contributed by atoms with van der Waals surface area (Å²) in [4.78, 5) is 2.78. The van der Waals surface area contributed by atoms with Crippen LogP contribution in [-0.4, -0.2) is 37.1 Å². The summed E-state index contributed by atoms with van der Waals surface area (Å²) in [6.07, 6.45) is 5.20. The van der Waals surface area contributed by atoms with Crippen LogP contribution < -0.4 is 5.32 Å². The van der Waals surface area contributed by atoms with Crippen molar-refractivity contribution in [2.24, 2.45) is 17.3 Å². The molecule has 1 fully saturated rings. The summed E-state index contributed by atoms with van der Waals surface area (Å²) >= 11 is 0. The van der Waals surface area contributed by atoms with Gasteiger partial charge in [-0.1, -0.05) is 34.6 Å². The first-order valence-electron chi connectivity index (χ1n) is 8.92. The quantitative estimate of drug-likeness (QED) is 0.673. The van der Waals surface area contributed by atoms with Gasteiger partial charge in [0.25, 0.3) is 0 Å². The van der Waals surface area contributed by atoms with Gasteiger partial charge in [0.05, 0.1) is 0 Å². The first-order chi connectivity index (χ1) is 9.48. The van der Waals surface area contributed by atoms with Crippen molar-refractivity contribution in [1.82, 2.24) is 10.2 Å². The smallest absolute Gasteiger partial charge is 0.00930 e. The molecular formula is C18H38N2. The first-order valence-corrected chi connectivity index (χ1v) is 8.92. The zero-order valence-electron chi connectivity index (χ0n) is 14.8. The molecule has 1 heterocycles. The van der Waals surface area contributed by atoms with Gasteiger partial charge in [-0.15, -0.1) is 0 Å². The Balaban J connectivity index is 2.67. The molecule has 0 aliphatic carbocycles. The maximum Gasteiger partial charge on any atom is 0.00930 e. The second kappa shape index (κ2) is 8.38. The summed E-state index contributed by atoms with van der Waals surface area (Å²) in [5.41, 5.74) is 0.459. The predicted octanol–water partition coefficient (Wildman–Crippen LogP) is 4.16. The molecule has 0 spiro atoms. The van der Waals surface area contributed by atoms with Crippen LogP contribution in [0.1, 0.15) is 67.2 Å². The van der Waals surface area contributed by atoms with Gasteiger partial charge in [0.15, 0.2) is 0 Å². The van der Waals surface area contributed by atoms with E-state index >= 15 is 0 Å². The van der Waals surface area contributed by atoms with Crippen molar-refractivity contribution in [3.63, 3.8) is 0 Å². The summed E-state index contributed by atoms with van der Waals surface area (Å²) in [5.74, 6) is 1.70. The van der Waals surface area contributed by atoms with Gasteiger partial charge in [-0.05, 0) is 56.4 Å². The number of piperidine rings is 1. The van der Waals surface area contributed by atoms with E-state index in [0.29, 0.717) is 5.41 Å². The van der Waals surface area contributed by atoms with Crippen LogP contribution in [0, 0.1) is 17.3 Å². The van der Waals surface area contributed by atoms with Crippen molar-refractivity contribution in [2.75, 3.05) is 26.2 Å². The molecule has 1 N–H and O–H groups in total. The van der Waals surface area contributed by atoms with Gasteiger partial charge in [-0.2, -0.15) is 0 Å². The van der Waals surface area contributed by atoms with Gasteiger partial charge in [0, 0.05) is 25.7 Å². The van der Waals surface area contributed by atoms with Gasteiger partial charge in [-0.25, -0.2) is 0 Å². The van der Waals surface area contributed by atoms with Crippen molar-refractivity contribution >= 4 is 0 Å². The van der Waals surface area contributed by atoms with Crippen molar-refractivity contribution < 1.29 is 0 Å². The van der Waals surface area contributed by atoms with Gasteiger partial charge in [0.1, 0.15) is 0 Å². The lowest BCUT2D eigenvalue weighted by Gasteiger charge is -2.46. The van der Waals surface area contributed by atoms with Crippen LogP contribution in [0.4, 0.5) is 0 Å².